The lowest BCUT2D eigenvalue weighted by Crippen LogP contribution is -2.09. The van der Waals surface area contributed by atoms with Crippen LogP contribution in [0.15, 0.2) is 140 Å². The summed E-state index contributed by atoms with van der Waals surface area (Å²) in [5.74, 6) is -0.921. The van der Waals surface area contributed by atoms with Gasteiger partial charge >= 0.3 is 5.97 Å². The van der Waals surface area contributed by atoms with Crippen LogP contribution in [0.1, 0.15) is 84.0 Å². The van der Waals surface area contributed by atoms with Crippen LogP contribution in [-0.2, 0) is 4.79 Å². The van der Waals surface area contributed by atoms with Gasteiger partial charge in [0, 0.05) is 23.1 Å². The largest absolute Gasteiger partial charge is 0.478 e. The van der Waals surface area contributed by atoms with Gasteiger partial charge in [-0.2, -0.15) is 0 Å². The van der Waals surface area contributed by atoms with Crippen LogP contribution in [0.5, 0.6) is 0 Å². The number of para-hydroxylation sites is 3. The molecule has 228 valence electrons. The predicted octanol–water partition coefficient (Wildman–Crippen LogP) is 12.2. The molecule has 0 aromatic heterocycles. The van der Waals surface area contributed by atoms with Crippen molar-refractivity contribution in [3.8, 4) is 0 Å². The first kappa shape index (κ1) is 35.1. The summed E-state index contributed by atoms with van der Waals surface area (Å²) in [6.45, 7) is 2.27. The lowest BCUT2D eigenvalue weighted by atomic mass is 10.1. The van der Waals surface area contributed by atoms with Gasteiger partial charge in [-0.1, -0.05) is 168 Å². The van der Waals surface area contributed by atoms with Gasteiger partial charge in [-0.15, -0.1) is 0 Å². The number of carbonyl (C=O) groups is 1. The highest BCUT2D eigenvalue weighted by Gasteiger charge is 2.10. The highest BCUT2D eigenvalue weighted by molar-refractivity contribution is 5.80. The van der Waals surface area contributed by atoms with Crippen LogP contribution in [0.4, 0.5) is 17.1 Å². The molecule has 0 fully saturated rings. The van der Waals surface area contributed by atoms with Crippen molar-refractivity contribution in [2.24, 2.45) is 0 Å². The molecule has 3 heteroatoms. The first-order valence-electron chi connectivity index (χ1n) is 16.1. The molecular weight excluding hydrogens is 526 g/mol. The Kier molecular flexibility index (Phi) is 20.0. The van der Waals surface area contributed by atoms with Gasteiger partial charge in [-0.25, -0.2) is 4.79 Å². The lowest BCUT2D eigenvalue weighted by molar-refractivity contribution is -0.131. The summed E-state index contributed by atoms with van der Waals surface area (Å²) in [6, 6.07) is 31.3. The third-order valence-electron chi connectivity index (χ3n) is 6.95. The molecule has 0 saturated carbocycles. The van der Waals surface area contributed by atoms with Crippen molar-refractivity contribution in [2.75, 3.05) is 4.90 Å². The maximum Gasteiger partial charge on any atom is 0.328 e. The molecule has 0 aliphatic rings. The summed E-state index contributed by atoms with van der Waals surface area (Å²) in [5.41, 5.74) is 3.50. The van der Waals surface area contributed by atoms with Crippen LogP contribution in [0, 0.1) is 0 Å². The third-order valence-corrected chi connectivity index (χ3v) is 6.95. The molecule has 3 rings (SSSR count). The van der Waals surface area contributed by atoms with Crippen molar-refractivity contribution in [2.45, 2.75) is 84.0 Å². The number of nitrogens with zero attached hydrogens (tertiary/aromatic N) is 1. The zero-order valence-electron chi connectivity index (χ0n) is 26.1. The first-order chi connectivity index (χ1) is 21.2. The first-order valence-corrected chi connectivity index (χ1v) is 16.1. The maximum absolute atomic E-state index is 10.2. The molecule has 0 amide bonds. The Hall–Kier alpha value is -4.11. The molecule has 43 heavy (non-hydrogen) atoms. The Labute approximate surface area is 261 Å². The molecule has 0 bridgehead atoms. The van der Waals surface area contributed by atoms with Crippen molar-refractivity contribution in [1.82, 2.24) is 0 Å². The second kappa shape index (κ2) is 24.5. The number of rotatable bonds is 19. The molecule has 0 spiro atoms. The highest BCUT2D eigenvalue weighted by atomic mass is 16.4. The SMILES string of the molecule is CCCCCCCCCCCCCC=CC=CC=CC=CC(=O)O.c1ccc(N(c2ccccc2)c2ccccc2)cc1. The molecule has 0 aliphatic heterocycles. The number of unbranched alkanes of at least 4 members (excludes halogenated alkanes) is 11. The fourth-order valence-electron chi connectivity index (χ4n) is 4.67. The number of allylic oxidation sites excluding steroid dienone is 7. The summed E-state index contributed by atoms with van der Waals surface area (Å²) in [7, 11) is 0. The zero-order valence-corrected chi connectivity index (χ0v) is 26.1. The minimum absolute atomic E-state index is 0.921. The number of aliphatic carboxylic acids is 1. The zero-order chi connectivity index (χ0) is 30.6. The summed E-state index contributed by atoms with van der Waals surface area (Å²) in [5, 5.41) is 8.41. The number of carboxylic acids is 1. The van der Waals surface area contributed by atoms with Gasteiger partial charge in [-0.3, -0.25) is 0 Å². The van der Waals surface area contributed by atoms with Gasteiger partial charge < -0.3 is 10.0 Å². The minimum Gasteiger partial charge on any atom is -0.478 e. The predicted molar refractivity (Wildman–Crippen MR) is 186 cm³/mol. The smallest absolute Gasteiger partial charge is 0.328 e. The molecule has 0 aliphatic carbocycles. The second-order valence-corrected chi connectivity index (χ2v) is 10.6. The topological polar surface area (TPSA) is 40.5 Å². The number of hydrogen-bond donors (Lipinski definition) is 1. The van der Waals surface area contributed by atoms with Crippen LogP contribution < -0.4 is 4.90 Å². The summed E-state index contributed by atoms with van der Waals surface area (Å²) < 4.78 is 0. The number of benzene rings is 3. The molecule has 3 aromatic rings. The van der Waals surface area contributed by atoms with Gasteiger partial charge in [-0.05, 0) is 49.2 Å². The average molecular weight is 578 g/mol. The summed E-state index contributed by atoms with van der Waals surface area (Å²) in [4.78, 5) is 12.5. The van der Waals surface area contributed by atoms with E-state index in [0.29, 0.717) is 0 Å². The number of carboxylic acid groups (broad SMARTS) is 1. The molecule has 3 aromatic carbocycles. The third kappa shape index (κ3) is 17.4. The van der Waals surface area contributed by atoms with E-state index in [0.717, 1.165) is 12.5 Å². The summed E-state index contributed by atoms with van der Waals surface area (Å²) in [6.07, 6.45) is 30.7. The van der Waals surface area contributed by atoms with Crippen LogP contribution in [-0.4, -0.2) is 11.1 Å². The quantitative estimate of drug-likeness (QED) is 0.0875. The minimum atomic E-state index is -0.921. The highest BCUT2D eigenvalue weighted by Crippen LogP contribution is 2.33. The fraction of sp³-hybridized carbons (Fsp3) is 0.325. The number of hydrogen-bond acceptors (Lipinski definition) is 2. The molecular formula is C40H51NO2. The van der Waals surface area contributed by atoms with Crippen LogP contribution >= 0.6 is 0 Å². The number of anilines is 3. The Morgan fingerprint density at radius 1 is 0.535 bits per heavy atom. The van der Waals surface area contributed by atoms with Crippen molar-refractivity contribution in [3.63, 3.8) is 0 Å². The van der Waals surface area contributed by atoms with Gasteiger partial charge in [0.05, 0.1) is 0 Å². The molecule has 1 N–H and O–H groups in total. The van der Waals surface area contributed by atoms with Gasteiger partial charge in [0.1, 0.15) is 0 Å². The van der Waals surface area contributed by atoms with Gasteiger partial charge in [0.25, 0.3) is 0 Å². The Morgan fingerprint density at radius 2 is 0.907 bits per heavy atom. The Bertz CT molecular complexity index is 1100. The average Bonchev–Trinajstić information content (AvgIpc) is 3.04. The molecule has 0 atom stereocenters. The molecule has 0 saturated heterocycles. The van der Waals surface area contributed by atoms with E-state index in [-0.39, 0.29) is 0 Å². The van der Waals surface area contributed by atoms with Crippen molar-refractivity contribution < 1.29 is 9.90 Å². The van der Waals surface area contributed by atoms with E-state index in [4.69, 9.17) is 5.11 Å². The van der Waals surface area contributed by atoms with Crippen molar-refractivity contribution >= 4 is 23.0 Å². The van der Waals surface area contributed by atoms with Gasteiger partial charge in [0.2, 0.25) is 0 Å². The summed E-state index contributed by atoms with van der Waals surface area (Å²) >= 11 is 0. The van der Waals surface area contributed by atoms with E-state index < -0.39 is 5.97 Å². The Morgan fingerprint density at radius 3 is 1.33 bits per heavy atom. The molecule has 0 unspecified atom stereocenters. The van der Waals surface area contributed by atoms with E-state index in [1.165, 1.54) is 93.8 Å². The van der Waals surface area contributed by atoms with Crippen molar-refractivity contribution in [3.05, 3.63) is 140 Å². The lowest BCUT2D eigenvalue weighted by Gasteiger charge is -2.25. The standard InChI is InChI=1S/C22H36O2.C18H15N/c1-2-3-4-5-6-7-8-9-10-11-12-13-14-15-16-17-18-19-20-21-22(23)24;1-4-10-16(11-5-1)19(17-12-6-2-7-13-17)18-14-8-3-9-15-18/h14-21H,2-13H2,1H3,(H,23,24);1-15H. The second-order valence-electron chi connectivity index (χ2n) is 10.6. The maximum atomic E-state index is 10.2. The van der Waals surface area contributed by atoms with Crippen LogP contribution in [0.25, 0.3) is 0 Å². The van der Waals surface area contributed by atoms with E-state index in [9.17, 15) is 4.79 Å². The molecule has 3 nitrogen and oxygen atoms in total. The van der Waals surface area contributed by atoms with E-state index >= 15 is 0 Å². The van der Waals surface area contributed by atoms with Crippen LogP contribution in [0.3, 0.4) is 0 Å². The normalized spacial score (nSPS) is 11.4. The van der Waals surface area contributed by atoms with E-state index in [2.05, 4.69) is 96.8 Å². The van der Waals surface area contributed by atoms with Gasteiger partial charge in [0.15, 0.2) is 0 Å². The molecule has 0 radical (unpaired) electrons. The molecule has 0 heterocycles. The fourth-order valence-corrected chi connectivity index (χ4v) is 4.67. The van der Waals surface area contributed by atoms with E-state index in [1.807, 2.05) is 36.4 Å². The van der Waals surface area contributed by atoms with Crippen molar-refractivity contribution in [1.29, 1.82) is 0 Å². The van der Waals surface area contributed by atoms with Crippen LogP contribution in [0.2, 0.25) is 0 Å². The van der Waals surface area contributed by atoms with E-state index in [1.54, 1.807) is 6.08 Å². The monoisotopic (exact) mass is 577 g/mol. The Balaban J connectivity index is 0.000000306.